The van der Waals surface area contributed by atoms with E-state index in [2.05, 4.69) is 20.9 Å². The largest absolute Gasteiger partial charge is 0.418 e. The second kappa shape index (κ2) is 5.11. The molecule has 0 bridgehead atoms. The zero-order valence-electron chi connectivity index (χ0n) is 7.45. The van der Waals surface area contributed by atoms with Crippen LogP contribution in [0.15, 0.2) is 6.20 Å². The van der Waals surface area contributed by atoms with E-state index in [1.165, 1.54) is 22.6 Å². The lowest BCUT2D eigenvalue weighted by Crippen LogP contribution is -2.15. The Morgan fingerprint density at radius 1 is 1.38 bits per heavy atom. The van der Waals surface area contributed by atoms with Crippen LogP contribution in [0.2, 0.25) is 0 Å². The van der Waals surface area contributed by atoms with E-state index in [0.717, 1.165) is 6.20 Å². The first-order chi connectivity index (χ1) is 7.29. The number of halogens is 7. The van der Waals surface area contributed by atoms with Gasteiger partial charge in [-0.3, -0.25) is 4.98 Å². The van der Waals surface area contributed by atoms with Gasteiger partial charge in [-0.25, -0.2) is 8.78 Å². The van der Waals surface area contributed by atoms with Crippen LogP contribution in [0.25, 0.3) is 0 Å². The van der Waals surface area contributed by atoms with Gasteiger partial charge in [0.2, 0.25) is 0 Å². The second-order valence-corrected chi connectivity index (χ2v) is 4.50. The maximum absolute atomic E-state index is 12.6. The summed E-state index contributed by atoms with van der Waals surface area (Å²) in [7, 11) is 0. The highest BCUT2D eigenvalue weighted by molar-refractivity contribution is 14.1. The van der Waals surface area contributed by atoms with Gasteiger partial charge in [0, 0.05) is 15.1 Å². The molecule has 0 aliphatic carbocycles. The molecule has 0 fully saturated rings. The minimum absolute atomic E-state index is 0.146. The van der Waals surface area contributed by atoms with Gasteiger partial charge in [-0.1, -0.05) is 15.9 Å². The maximum Gasteiger partial charge on any atom is 0.418 e. The molecule has 16 heavy (non-hydrogen) atoms. The van der Waals surface area contributed by atoms with E-state index >= 15 is 0 Å². The quantitative estimate of drug-likeness (QED) is 0.392. The van der Waals surface area contributed by atoms with Gasteiger partial charge in [0.1, 0.15) is 0 Å². The molecular weight excluding hydrogens is 412 g/mol. The molecule has 1 nitrogen and oxygen atoms in total. The van der Waals surface area contributed by atoms with Gasteiger partial charge >= 0.3 is 6.18 Å². The fourth-order valence-corrected chi connectivity index (χ4v) is 2.35. The Kier molecular flexibility index (Phi) is 4.49. The fourth-order valence-electron chi connectivity index (χ4n) is 1.17. The Bertz CT molecular complexity index is 393. The van der Waals surface area contributed by atoms with E-state index in [9.17, 15) is 22.0 Å². The summed E-state index contributed by atoms with van der Waals surface area (Å²) in [6, 6.07) is 0. The average Bonchev–Trinajstić information content (AvgIpc) is 2.15. The zero-order valence-corrected chi connectivity index (χ0v) is 11.2. The normalized spacial score (nSPS) is 12.2. The number of pyridine rings is 1. The van der Waals surface area contributed by atoms with Crippen molar-refractivity contribution in [1.29, 1.82) is 0 Å². The smallest absolute Gasteiger partial charge is 0.259 e. The van der Waals surface area contributed by atoms with Gasteiger partial charge in [-0.05, 0) is 22.6 Å². The number of rotatable bonds is 2. The van der Waals surface area contributed by atoms with Crippen molar-refractivity contribution in [3.8, 4) is 0 Å². The molecule has 0 amide bonds. The number of hydrogen-bond donors (Lipinski definition) is 0. The van der Waals surface area contributed by atoms with Crippen LogP contribution < -0.4 is 0 Å². The highest BCUT2D eigenvalue weighted by Crippen LogP contribution is 2.40. The lowest BCUT2D eigenvalue weighted by atomic mass is 10.1. The van der Waals surface area contributed by atoms with E-state index in [0.29, 0.717) is 0 Å². The molecule has 1 heterocycles. The van der Waals surface area contributed by atoms with Crippen molar-refractivity contribution in [1.82, 2.24) is 4.98 Å². The van der Waals surface area contributed by atoms with E-state index in [4.69, 9.17) is 0 Å². The van der Waals surface area contributed by atoms with Gasteiger partial charge in [0.15, 0.2) is 0 Å². The summed E-state index contributed by atoms with van der Waals surface area (Å²) in [5.74, 6) is 0. The molecule has 1 rings (SSSR count). The van der Waals surface area contributed by atoms with Crippen molar-refractivity contribution in [2.75, 3.05) is 0 Å². The number of alkyl halides is 6. The summed E-state index contributed by atoms with van der Waals surface area (Å²) >= 11 is 4.18. The Morgan fingerprint density at radius 3 is 2.31 bits per heavy atom. The van der Waals surface area contributed by atoms with E-state index in [1.54, 1.807) is 0 Å². The molecule has 8 heteroatoms. The van der Waals surface area contributed by atoms with Crippen LogP contribution >= 0.6 is 38.5 Å². The summed E-state index contributed by atoms with van der Waals surface area (Å²) in [5, 5.41) is -0.146. The van der Waals surface area contributed by atoms with Gasteiger partial charge in [-0.2, -0.15) is 13.2 Å². The lowest BCUT2D eigenvalue weighted by molar-refractivity contribution is -0.140. The van der Waals surface area contributed by atoms with Gasteiger partial charge in [0.25, 0.3) is 6.43 Å². The van der Waals surface area contributed by atoms with E-state index in [-0.39, 0.29) is 14.6 Å². The molecule has 0 unspecified atom stereocenters. The highest BCUT2D eigenvalue weighted by atomic mass is 127. The summed E-state index contributed by atoms with van der Waals surface area (Å²) in [6.07, 6.45) is -7.07. The molecule has 0 saturated carbocycles. The molecule has 0 radical (unpaired) electrons. The SMILES string of the molecule is FC(F)c1c(CBr)ncc(I)c1C(F)(F)F. The topological polar surface area (TPSA) is 12.9 Å². The molecule has 0 aromatic carbocycles. The van der Waals surface area contributed by atoms with Crippen LogP contribution in [0.5, 0.6) is 0 Å². The Morgan fingerprint density at radius 2 is 1.94 bits per heavy atom. The van der Waals surface area contributed by atoms with Crippen molar-refractivity contribution >= 4 is 38.5 Å². The standard InChI is InChI=1S/C8H4BrF5IN/c9-1-4-5(7(10)11)6(8(12,13)14)3(15)2-16-4/h2,7H,1H2. The molecule has 1 aromatic heterocycles. The molecule has 0 atom stereocenters. The Hall–Kier alpha value is 0.01000. The zero-order chi connectivity index (χ0) is 12.5. The predicted octanol–water partition coefficient (Wildman–Crippen LogP) is 4.54. The van der Waals surface area contributed by atoms with E-state index in [1.807, 2.05) is 0 Å². The first-order valence-electron chi connectivity index (χ1n) is 3.87. The molecule has 0 N–H and O–H groups in total. The number of nitrogens with zero attached hydrogens (tertiary/aromatic N) is 1. The number of hydrogen-bond acceptors (Lipinski definition) is 1. The minimum Gasteiger partial charge on any atom is -0.259 e. The van der Waals surface area contributed by atoms with Gasteiger partial charge in [-0.15, -0.1) is 0 Å². The van der Waals surface area contributed by atoms with Crippen molar-refractivity contribution < 1.29 is 22.0 Å². The summed E-state index contributed by atoms with van der Waals surface area (Å²) in [5.41, 5.74) is -2.63. The van der Waals surface area contributed by atoms with Crippen LogP contribution in [0.4, 0.5) is 22.0 Å². The van der Waals surface area contributed by atoms with Gasteiger partial charge < -0.3 is 0 Å². The molecule has 90 valence electrons. The predicted molar refractivity (Wildman–Crippen MR) is 59.5 cm³/mol. The van der Waals surface area contributed by atoms with Crippen molar-refractivity contribution in [2.45, 2.75) is 17.9 Å². The first kappa shape index (κ1) is 14.1. The molecule has 0 aliphatic heterocycles. The van der Waals surface area contributed by atoms with Crippen molar-refractivity contribution in [2.24, 2.45) is 0 Å². The third-order valence-electron chi connectivity index (χ3n) is 1.78. The van der Waals surface area contributed by atoms with Crippen molar-refractivity contribution in [3.63, 3.8) is 0 Å². The summed E-state index contributed by atoms with van der Waals surface area (Å²) in [4.78, 5) is 3.56. The van der Waals surface area contributed by atoms with Crippen molar-refractivity contribution in [3.05, 3.63) is 26.6 Å². The molecule has 0 aliphatic rings. The average molecular weight is 416 g/mol. The Balaban J connectivity index is 3.55. The highest BCUT2D eigenvalue weighted by Gasteiger charge is 2.39. The molecule has 1 aromatic rings. The number of aromatic nitrogens is 1. The monoisotopic (exact) mass is 415 g/mol. The van der Waals surface area contributed by atoms with Crippen LogP contribution in [-0.4, -0.2) is 4.98 Å². The molecule has 0 saturated heterocycles. The third kappa shape index (κ3) is 2.82. The lowest BCUT2D eigenvalue weighted by Gasteiger charge is -2.16. The minimum atomic E-state index is -4.80. The summed E-state index contributed by atoms with van der Waals surface area (Å²) < 4.78 is 62.7. The van der Waals surface area contributed by atoms with Crippen LogP contribution in [-0.2, 0) is 11.5 Å². The van der Waals surface area contributed by atoms with Crippen LogP contribution in [0, 0.1) is 3.57 Å². The second-order valence-electron chi connectivity index (χ2n) is 2.77. The molecular formula is C8H4BrF5IN. The van der Waals surface area contributed by atoms with Gasteiger partial charge in [0.05, 0.1) is 16.8 Å². The Labute approximate surface area is 110 Å². The summed E-state index contributed by atoms with van der Waals surface area (Å²) in [6.45, 7) is 0. The fraction of sp³-hybridized carbons (Fsp3) is 0.375. The molecule has 0 spiro atoms. The first-order valence-corrected chi connectivity index (χ1v) is 6.07. The van der Waals surface area contributed by atoms with E-state index < -0.39 is 23.7 Å². The van der Waals surface area contributed by atoms with Crippen LogP contribution in [0.1, 0.15) is 23.2 Å². The third-order valence-corrected chi connectivity index (χ3v) is 3.13. The maximum atomic E-state index is 12.6. The van der Waals surface area contributed by atoms with Crippen LogP contribution in [0.3, 0.4) is 0 Å².